The van der Waals surface area contributed by atoms with Crippen molar-refractivity contribution in [2.24, 2.45) is 0 Å². The number of aliphatic hydroxyl groups is 1. The van der Waals surface area contributed by atoms with E-state index in [1.165, 1.54) is 0 Å². The van der Waals surface area contributed by atoms with Crippen LogP contribution in [0, 0.1) is 6.92 Å². The maximum atomic E-state index is 8.62. The molecule has 6 nitrogen and oxygen atoms in total. The number of aromatic nitrogens is 2. The summed E-state index contributed by atoms with van der Waals surface area (Å²) in [5.41, 5.74) is 0. The van der Waals surface area contributed by atoms with Gasteiger partial charge in [-0.05, 0) is 31.2 Å². The van der Waals surface area contributed by atoms with Crippen molar-refractivity contribution in [1.82, 2.24) is 10.1 Å². The van der Waals surface area contributed by atoms with Gasteiger partial charge in [0.15, 0.2) is 12.4 Å². The average molecular weight is 250 g/mol. The van der Waals surface area contributed by atoms with Crippen LogP contribution in [0.3, 0.4) is 0 Å². The number of aryl methyl sites for hydroxylation is 1. The fraction of sp³-hybridized carbons (Fsp3) is 0.333. The molecular weight excluding hydrogens is 236 g/mol. The summed E-state index contributed by atoms with van der Waals surface area (Å²) in [5.74, 6) is 2.39. The maximum absolute atomic E-state index is 8.62. The maximum Gasteiger partial charge on any atom is 0.264 e. The number of hydrogen-bond acceptors (Lipinski definition) is 6. The smallest absolute Gasteiger partial charge is 0.264 e. The summed E-state index contributed by atoms with van der Waals surface area (Å²) in [5, 5.41) is 12.3. The lowest BCUT2D eigenvalue weighted by Crippen LogP contribution is -2.01. The number of nitrogens with zero attached hydrogens (tertiary/aromatic N) is 2. The van der Waals surface area contributed by atoms with E-state index in [0.717, 1.165) is 0 Å². The first-order valence-electron chi connectivity index (χ1n) is 5.53. The summed E-state index contributed by atoms with van der Waals surface area (Å²) in [6.07, 6.45) is 0. The average Bonchev–Trinajstić information content (AvgIpc) is 2.81. The van der Waals surface area contributed by atoms with Gasteiger partial charge < -0.3 is 19.1 Å². The van der Waals surface area contributed by atoms with E-state index in [9.17, 15) is 0 Å². The number of benzene rings is 1. The first-order valence-corrected chi connectivity index (χ1v) is 5.53. The van der Waals surface area contributed by atoms with E-state index in [4.69, 9.17) is 19.1 Å². The standard InChI is InChI=1S/C12H14N2O4/c1-9-13-12(18-14-9)8-17-11-4-2-10(3-5-11)16-7-6-15/h2-5,15H,6-8H2,1H3. The van der Waals surface area contributed by atoms with E-state index in [2.05, 4.69) is 10.1 Å². The molecule has 0 bridgehead atoms. The van der Waals surface area contributed by atoms with E-state index >= 15 is 0 Å². The zero-order valence-electron chi connectivity index (χ0n) is 10.00. The molecule has 0 amide bonds. The topological polar surface area (TPSA) is 77.6 Å². The van der Waals surface area contributed by atoms with Gasteiger partial charge in [0.1, 0.15) is 18.1 Å². The van der Waals surface area contributed by atoms with Crippen molar-refractivity contribution in [3.05, 3.63) is 36.0 Å². The Labute approximate surface area is 104 Å². The highest BCUT2D eigenvalue weighted by Crippen LogP contribution is 2.18. The van der Waals surface area contributed by atoms with Crippen molar-refractivity contribution in [3.8, 4) is 11.5 Å². The molecule has 1 aromatic heterocycles. The molecule has 1 aromatic carbocycles. The van der Waals surface area contributed by atoms with Crippen LogP contribution < -0.4 is 9.47 Å². The van der Waals surface area contributed by atoms with E-state index in [-0.39, 0.29) is 19.8 Å². The summed E-state index contributed by atoms with van der Waals surface area (Å²) in [7, 11) is 0. The predicted molar refractivity (Wildman–Crippen MR) is 62.4 cm³/mol. The Kier molecular flexibility index (Phi) is 4.14. The lowest BCUT2D eigenvalue weighted by molar-refractivity contribution is 0.201. The first kappa shape index (κ1) is 12.4. The molecule has 0 atom stereocenters. The number of ether oxygens (including phenoxy) is 2. The van der Waals surface area contributed by atoms with E-state index in [1.807, 2.05) is 0 Å². The monoisotopic (exact) mass is 250 g/mol. The van der Waals surface area contributed by atoms with Crippen LogP contribution in [0.2, 0.25) is 0 Å². The molecule has 0 spiro atoms. The number of hydrogen-bond donors (Lipinski definition) is 1. The molecule has 2 rings (SSSR count). The molecule has 1 heterocycles. The molecule has 0 saturated carbocycles. The van der Waals surface area contributed by atoms with Crippen LogP contribution in [0.25, 0.3) is 0 Å². The molecule has 96 valence electrons. The molecule has 1 N–H and O–H groups in total. The van der Waals surface area contributed by atoms with Gasteiger partial charge in [0, 0.05) is 0 Å². The third-order valence-corrected chi connectivity index (χ3v) is 2.12. The van der Waals surface area contributed by atoms with Gasteiger partial charge in [-0.3, -0.25) is 0 Å². The Balaban J connectivity index is 1.86. The molecule has 0 radical (unpaired) electrons. The van der Waals surface area contributed by atoms with Gasteiger partial charge in [0.2, 0.25) is 0 Å². The van der Waals surface area contributed by atoms with Gasteiger partial charge in [-0.25, -0.2) is 0 Å². The fourth-order valence-corrected chi connectivity index (χ4v) is 1.34. The lowest BCUT2D eigenvalue weighted by Gasteiger charge is -2.06. The van der Waals surface area contributed by atoms with Crippen LogP contribution in [0.5, 0.6) is 11.5 Å². The minimum absolute atomic E-state index is 0.00519. The fourth-order valence-electron chi connectivity index (χ4n) is 1.34. The van der Waals surface area contributed by atoms with E-state index < -0.39 is 0 Å². The summed E-state index contributed by atoms with van der Waals surface area (Å²) < 4.78 is 15.6. The van der Waals surface area contributed by atoms with E-state index in [1.54, 1.807) is 31.2 Å². The highest BCUT2D eigenvalue weighted by molar-refractivity contribution is 5.31. The van der Waals surface area contributed by atoms with Gasteiger partial charge in [-0.15, -0.1) is 0 Å². The van der Waals surface area contributed by atoms with Crippen LogP contribution in [0.4, 0.5) is 0 Å². The Hall–Kier alpha value is -2.08. The second kappa shape index (κ2) is 6.02. The van der Waals surface area contributed by atoms with Gasteiger partial charge in [-0.2, -0.15) is 4.98 Å². The Morgan fingerprint density at radius 1 is 1.17 bits per heavy atom. The van der Waals surface area contributed by atoms with Crippen molar-refractivity contribution >= 4 is 0 Å². The highest BCUT2D eigenvalue weighted by Gasteiger charge is 2.03. The van der Waals surface area contributed by atoms with Crippen LogP contribution in [-0.2, 0) is 6.61 Å². The molecule has 0 fully saturated rings. The Bertz CT molecular complexity index is 481. The Morgan fingerprint density at radius 3 is 2.39 bits per heavy atom. The summed E-state index contributed by atoms with van der Waals surface area (Å²) >= 11 is 0. The van der Waals surface area contributed by atoms with Gasteiger partial charge >= 0.3 is 0 Å². The zero-order chi connectivity index (χ0) is 12.8. The largest absolute Gasteiger partial charge is 0.491 e. The number of rotatable bonds is 6. The van der Waals surface area contributed by atoms with Crippen LogP contribution >= 0.6 is 0 Å². The second-order valence-electron chi connectivity index (χ2n) is 3.57. The van der Waals surface area contributed by atoms with Crippen LogP contribution in [0.1, 0.15) is 11.7 Å². The molecule has 0 unspecified atom stereocenters. The second-order valence-corrected chi connectivity index (χ2v) is 3.57. The number of aliphatic hydroxyl groups excluding tert-OH is 1. The molecular formula is C12H14N2O4. The van der Waals surface area contributed by atoms with Gasteiger partial charge in [0.05, 0.1) is 6.61 Å². The quantitative estimate of drug-likeness (QED) is 0.833. The molecule has 0 aliphatic heterocycles. The lowest BCUT2D eigenvalue weighted by atomic mass is 10.3. The van der Waals surface area contributed by atoms with Crippen molar-refractivity contribution in [2.75, 3.05) is 13.2 Å². The minimum atomic E-state index is -0.00519. The molecule has 0 aliphatic carbocycles. The van der Waals surface area contributed by atoms with Crippen molar-refractivity contribution in [2.45, 2.75) is 13.5 Å². The molecule has 0 aliphatic rings. The molecule has 6 heteroatoms. The SMILES string of the molecule is Cc1noc(COc2ccc(OCCO)cc2)n1. The van der Waals surface area contributed by atoms with Crippen LogP contribution in [-0.4, -0.2) is 28.5 Å². The normalized spacial score (nSPS) is 10.3. The van der Waals surface area contributed by atoms with Gasteiger partial charge in [-0.1, -0.05) is 5.16 Å². The van der Waals surface area contributed by atoms with E-state index in [0.29, 0.717) is 23.2 Å². The van der Waals surface area contributed by atoms with Crippen molar-refractivity contribution in [1.29, 1.82) is 0 Å². The third-order valence-electron chi connectivity index (χ3n) is 2.12. The molecule has 18 heavy (non-hydrogen) atoms. The minimum Gasteiger partial charge on any atom is -0.491 e. The third kappa shape index (κ3) is 3.46. The van der Waals surface area contributed by atoms with Gasteiger partial charge in [0.25, 0.3) is 5.89 Å². The van der Waals surface area contributed by atoms with Crippen molar-refractivity contribution in [3.63, 3.8) is 0 Å². The summed E-state index contributed by atoms with van der Waals surface area (Å²) in [6.45, 7) is 2.26. The molecule has 2 aromatic rings. The first-order chi connectivity index (χ1) is 8.78. The zero-order valence-corrected chi connectivity index (χ0v) is 10.00. The molecule has 0 saturated heterocycles. The van der Waals surface area contributed by atoms with Crippen LogP contribution in [0.15, 0.2) is 28.8 Å². The summed E-state index contributed by atoms with van der Waals surface area (Å²) in [6, 6.07) is 7.08. The van der Waals surface area contributed by atoms with Crippen molar-refractivity contribution < 1.29 is 19.1 Å². The Morgan fingerprint density at radius 2 is 1.83 bits per heavy atom. The summed E-state index contributed by atoms with van der Waals surface area (Å²) in [4.78, 5) is 4.03. The highest BCUT2D eigenvalue weighted by atomic mass is 16.5. The predicted octanol–water partition coefficient (Wildman–Crippen LogP) is 1.33.